The van der Waals surface area contributed by atoms with Gasteiger partial charge >= 0.3 is 5.69 Å². The van der Waals surface area contributed by atoms with Crippen molar-refractivity contribution < 1.29 is 9.66 Å². The van der Waals surface area contributed by atoms with Crippen molar-refractivity contribution >= 4 is 5.69 Å². The molecule has 114 valence electrons. The van der Waals surface area contributed by atoms with Crippen LogP contribution in [0.5, 0.6) is 5.75 Å². The molecular weight excluding hydrogens is 270 g/mol. The van der Waals surface area contributed by atoms with E-state index in [1.54, 1.807) is 19.1 Å². The molecule has 1 aromatic rings. The van der Waals surface area contributed by atoms with E-state index in [9.17, 15) is 10.1 Å². The van der Waals surface area contributed by atoms with Crippen molar-refractivity contribution in [3.05, 3.63) is 33.9 Å². The third-order valence-electron chi connectivity index (χ3n) is 2.89. The Bertz CT molecular complexity index is 523. The van der Waals surface area contributed by atoms with Gasteiger partial charge in [-0.1, -0.05) is 26.8 Å². The number of ether oxygens (including phenoxy) is 1. The van der Waals surface area contributed by atoms with Crippen LogP contribution in [0.15, 0.2) is 18.2 Å². The average molecular weight is 291 g/mol. The van der Waals surface area contributed by atoms with Crippen molar-refractivity contribution in [2.75, 3.05) is 6.54 Å². The largest absolute Gasteiger partial charge is 0.468 e. The van der Waals surface area contributed by atoms with Crippen LogP contribution in [0.3, 0.4) is 0 Å². The van der Waals surface area contributed by atoms with Gasteiger partial charge in [-0.05, 0) is 30.5 Å². The Hall–Kier alpha value is -2.13. The second-order valence-electron chi connectivity index (χ2n) is 5.23. The number of hydrogen-bond donors (Lipinski definition) is 1. The highest BCUT2D eigenvalue weighted by atomic mass is 16.6. The molecule has 0 radical (unpaired) electrons. The first-order valence-electron chi connectivity index (χ1n) is 7.02. The van der Waals surface area contributed by atoms with Crippen molar-refractivity contribution in [3.8, 4) is 11.8 Å². The van der Waals surface area contributed by atoms with Gasteiger partial charge in [0.25, 0.3) is 0 Å². The molecule has 1 rings (SSSR count). The fourth-order valence-electron chi connectivity index (χ4n) is 1.77. The lowest BCUT2D eigenvalue weighted by Gasteiger charge is -2.12. The Morgan fingerprint density at radius 1 is 1.48 bits per heavy atom. The van der Waals surface area contributed by atoms with Gasteiger partial charge in [0, 0.05) is 12.6 Å². The van der Waals surface area contributed by atoms with E-state index in [4.69, 9.17) is 10.00 Å². The first-order valence-corrected chi connectivity index (χ1v) is 7.02. The topological polar surface area (TPSA) is 88.2 Å². The zero-order valence-corrected chi connectivity index (χ0v) is 12.6. The molecule has 0 aliphatic heterocycles. The molecular formula is C15H21N3O3. The molecule has 0 bridgehead atoms. The highest BCUT2D eigenvalue weighted by Gasteiger charge is 2.19. The number of nitro benzene ring substituents is 1. The molecule has 6 nitrogen and oxygen atoms in total. The van der Waals surface area contributed by atoms with E-state index in [0.717, 1.165) is 12.1 Å². The van der Waals surface area contributed by atoms with Gasteiger partial charge in [0.05, 0.1) is 4.92 Å². The number of nitro groups is 1. The number of benzene rings is 1. The molecule has 0 amide bonds. The lowest BCUT2D eigenvalue weighted by Crippen LogP contribution is -2.19. The summed E-state index contributed by atoms with van der Waals surface area (Å²) in [7, 11) is 0. The van der Waals surface area contributed by atoms with E-state index >= 15 is 0 Å². The van der Waals surface area contributed by atoms with Crippen LogP contribution < -0.4 is 10.1 Å². The summed E-state index contributed by atoms with van der Waals surface area (Å²) in [4.78, 5) is 10.7. The Morgan fingerprint density at radius 2 is 2.19 bits per heavy atom. The van der Waals surface area contributed by atoms with Crippen molar-refractivity contribution in [1.82, 2.24) is 5.32 Å². The van der Waals surface area contributed by atoms with Crippen LogP contribution in [0.1, 0.15) is 32.8 Å². The Kier molecular flexibility index (Phi) is 6.63. The predicted molar refractivity (Wildman–Crippen MR) is 80.0 cm³/mol. The van der Waals surface area contributed by atoms with Gasteiger partial charge in [-0.15, -0.1) is 0 Å². The van der Waals surface area contributed by atoms with E-state index in [1.807, 2.05) is 6.07 Å². The smallest absolute Gasteiger partial charge is 0.311 e. The van der Waals surface area contributed by atoms with E-state index in [2.05, 4.69) is 19.2 Å². The zero-order valence-electron chi connectivity index (χ0n) is 12.6. The molecule has 1 N–H and O–H groups in total. The molecule has 0 aliphatic carbocycles. The lowest BCUT2D eigenvalue weighted by molar-refractivity contribution is -0.386. The Balaban J connectivity index is 2.87. The summed E-state index contributed by atoms with van der Waals surface area (Å²) in [6, 6.07) is 6.80. The van der Waals surface area contributed by atoms with E-state index < -0.39 is 11.0 Å². The number of rotatable bonds is 8. The SMILES string of the molecule is CCC(C#N)Oc1ccc(CNCC(C)C)cc1[N+](=O)[O-]. The molecule has 0 saturated carbocycles. The minimum atomic E-state index is -0.673. The molecule has 0 aliphatic rings. The standard InChI is InChI=1S/C15H21N3O3/c1-4-13(8-16)21-15-6-5-12(7-14(15)18(19)20)10-17-9-11(2)3/h5-7,11,13,17H,4,9-10H2,1-3H3. The maximum atomic E-state index is 11.1. The summed E-state index contributed by atoms with van der Waals surface area (Å²) < 4.78 is 5.38. The second-order valence-corrected chi connectivity index (χ2v) is 5.23. The summed E-state index contributed by atoms with van der Waals surface area (Å²) in [5, 5.41) is 23.3. The van der Waals surface area contributed by atoms with E-state index in [0.29, 0.717) is 18.9 Å². The minimum Gasteiger partial charge on any atom is -0.468 e. The molecule has 1 unspecified atom stereocenters. The minimum absolute atomic E-state index is 0.104. The molecule has 21 heavy (non-hydrogen) atoms. The van der Waals surface area contributed by atoms with Crippen LogP contribution in [-0.2, 0) is 6.54 Å². The van der Waals surface area contributed by atoms with Gasteiger partial charge in [-0.3, -0.25) is 10.1 Å². The van der Waals surface area contributed by atoms with Crippen molar-refractivity contribution in [1.29, 1.82) is 5.26 Å². The van der Waals surface area contributed by atoms with Gasteiger partial charge in [-0.25, -0.2) is 0 Å². The first kappa shape index (κ1) is 16.9. The third-order valence-corrected chi connectivity index (χ3v) is 2.89. The summed E-state index contributed by atoms with van der Waals surface area (Å²) in [5.74, 6) is 0.657. The van der Waals surface area contributed by atoms with Gasteiger partial charge in [0.1, 0.15) is 6.07 Å². The van der Waals surface area contributed by atoms with Crippen LogP contribution in [0.25, 0.3) is 0 Å². The summed E-state index contributed by atoms with van der Waals surface area (Å²) in [5.41, 5.74) is 0.715. The van der Waals surface area contributed by atoms with Crippen molar-refractivity contribution in [2.24, 2.45) is 5.92 Å². The number of hydrogen-bond acceptors (Lipinski definition) is 5. The van der Waals surface area contributed by atoms with Crippen LogP contribution in [0.2, 0.25) is 0 Å². The number of nitrogens with zero attached hydrogens (tertiary/aromatic N) is 2. The fraction of sp³-hybridized carbons (Fsp3) is 0.533. The molecule has 1 atom stereocenters. The highest BCUT2D eigenvalue weighted by Crippen LogP contribution is 2.29. The zero-order chi connectivity index (χ0) is 15.8. The fourth-order valence-corrected chi connectivity index (χ4v) is 1.77. The third kappa shape index (κ3) is 5.40. The van der Waals surface area contributed by atoms with E-state index in [-0.39, 0.29) is 11.4 Å². The van der Waals surface area contributed by atoms with Gasteiger partial charge in [-0.2, -0.15) is 5.26 Å². The van der Waals surface area contributed by atoms with Crippen molar-refractivity contribution in [3.63, 3.8) is 0 Å². The predicted octanol–water partition coefficient (Wildman–Crippen LogP) is 3.02. The van der Waals surface area contributed by atoms with Gasteiger partial charge in [0.2, 0.25) is 0 Å². The molecule has 0 fully saturated rings. The lowest BCUT2D eigenvalue weighted by atomic mass is 10.1. The summed E-state index contributed by atoms with van der Waals surface area (Å²) in [6.45, 7) is 7.40. The molecule has 6 heteroatoms. The normalized spacial score (nSPS) is 12.0. The second kappa shape index (κ2) is 8.22. The molecule has 0 heterocycles. The monoisotopic (exact) mass is 291 g/mol. The average Bonchev–Trinajstić information content (AvgIpc) is 2.45. The Morgan fingerprint density at radius 3 is 2.71 bits per heavy atom. The highest BCUT2D eigenvalue weighted by molar-refractivity contribution is 5.49. The van der Waals surface area contributed by atoms with Crippen LogP contribution in [0, 0.1) is 27.4 Å². The summed E-state index contributed by atoms with van der Waals surface area (Å²) >= 11 is 0. The van der Waals surface area contributed by atoms with E-state index in [1.165, 1.54) is 6.07 Å². The quantitative estimate of drug-likeness (QED) is 0.587. The molecule has 0 saturated heterocycles. The summed E-state index contributed by atoms with van der Waals surface area (Å²) in [6.07, 6.45) is -0.195. The molecule has 1 aromatic carbocycles. The first-order chi connectivity index (χ1) is 9.97. The molecule has 0 aromatic heterocycles. The van der Waals surface area contributed by atoms with Crippen LogP contribution in [0.4, 0.5) is 5.69 Å². The van der Waals surface area contributed by atoms with Gasteiger partial charge < -0.3 is 10.1 Å². The Labute approximate surface area is 124 Å². The number of nitrogens with one attached hydrogen (secondary N) is 1. The van der Waals surface area contributed by atoms with Crippen LogP contribution >= 0.6 is 0 Å². The number of nitriles is 1. The van der Waals surface area contributed by atoms with Gasteiger partial charge in [0.15, 0.2) is 11.9 Å². The van der Waals surface area contributed by atoms with Crippen LogP contribution in [-0.4, -0.2) is 17.6 Å². The van der Waals surface area contributed by atoms with Crippen molar-refractivity contribution in [2.45, 2.75) is 39.8 Å². The molecule has 0 spiro atoms. The maximum Gasteiger partial charge on any atom is 0.311 e. The maximum absolute atomic E-state index is 11.1.